The fourth-order valence-corrected chi connectivity index (χ4v) is 3.96. The predicted molar refractivity (Wildman–Crippen MR) is 90.2 cm³/mol. The lowest BCUT2D eigenvalue weighted by molar-refractivity contribution is 0.0754. The molecule has 1 amide bonds. The van der Waals surface area contributed by atoms with Gasteiger partial charge in [-0.25, -0.2) is 15.0 Å². The predicted octanol–water partition coefficient (Wildman–Crippen LogP) is 1.54. The number of hydrogen-bond acceptors (Lipinski definition) is 7. The molecule has 7 nitrogen and oxygen atoms in total. The summed E-state index contributed by atoms with van der Waals surface area (Å²) in [6, 6.07) is 0. The molecule has 0 aliphatic carbocycles. The van der Waals surface area contributed by atoms with Crippen molar-refractivity contribution in [1.29, 1.82) is 0 Å². The standard InChI is InChI=1S/C16H19N5O2S/c1-10-14(24-11(2)18-10)15(22)21-8-12-7-17-16(19-13(12)9-21)20-3-5-23-6-4-20/h7H,3-6,8-9H2,1-2H3. The van der Waals surface area contributed by atoms with E-state index in [1.807, 2.05) is 24.9 Å². The normalized spacial score (nSPS) is 17.2. The second kappa shape index (κ2) is 6.10. The number of carbonyl (C=O) groups excluding carboxylic acids is 1. The van der Waals surface area contributed by atoms with Gasteiger partial charge >= 0.3 is 0 Å². The highest BCUT2D eigenvalue weighted by atomic mass is 32.1. The summed E-state index contributed by atoms with van der Waals surface area (Å²) in [6.45, 7) is 7.92. The van der Waals surface area contributed by atoms with Crippen LogP contribution in [0.25, 0.3) is 0 Å². The van der Waals surface area contributed by atoms with Gasteiger partial charge in [0.25, 0.3) is 5.91 Å². The van der Waals surface area contributed by atoms with Crippen molar-refractivity contribution in [3.8, 4) is 0 Å². The van der Waals surface area contributed by atoms with E-state index < -0.39 is 0 Å². The van der Waals surface area contributed by atoms with Crippen molar-refractivity contribution in [2.24, 2.45) is 0 Å². The van der Waals surface area contributed by atoms with Crippen molar-refractivity contribution in [3.63, 3.8) is 0 Å². The molecule has 2 aromatic heterocycles. The van der Waals surface area contributed by atoms with E-state index in [-0.39, 0.29) is 5.91 Å². The molecule has 1 saturated heterocycles. The largest absolute Gasteiger partial charge is 0.378 e. The number of ether oxygens (including phenoxy) is 1. The first-order valence-electron chi connectivity index (χ1n) is 8.02. The van der Waals surface area contributed by atoms with Crippen molar-refractivity contribution >= 4 is 23.2 Å². The highest BCUT2D eigenvalue weighted by Crippen LogP contribution is 2.27. The molecule has 0 N–H and O–H groups in total. The minimum absolute atomic E-state index is 0.0315. The molecular formula is C16H19N5O2S. The van der Waals surface area contributed by atoms with E-state index in [9.17, 15) is 4.79 Å². The van der Waals surface area contributed by atoms with Crippen molar-refractivity contribution in [2.75, 3.05) is 31.2 Å². The average Bonchev–Trinajstić information content (AvgIpc) is 3.17. The zero-order valence-corrected chi connectivity index (χ0v) is 14.6. The topological polar surface area (TPSA) is 71.5 Å². The molecule has 24 heavy (non-hydrogen) atoms. The molecule has 2 aliphatic heterocycles. The van der Waals surface area contributed by atoms with Gasteiger partial charge in [-0.15, -0.1) is 11.3 Å². The van der Waals surface area contributed by atoms with Gasteiger partial charge in [0.05, 0.1) is 36.2 Å². The molecule has 0 aromatic carbocycles. The smallest absolute Gasteiger partial charge is 0.266 e. The quantitative estimate of drug-likeness (QED) is 0.822. The molecule has 0 spiro atoms. The van der Waals surface area contributed by atoms with Crippen LogP contribution in [0.3, 0.4) is 0 Å². The summed E-state index contributed by atoms with van der Waals surface area (Å²) in [5.41, 5.74) is 2.77. The van der Waals surface area contributed by atoms with E-state index in [1.54, 1.807) is 0 Å². The maximum Gasteiger partial charge on any atom is 0.266 e. The second-order valence-corrected chi connectivity index (χ2v) is 7.25. The van der Waals surface area contributed by atoms with Crippen LogP contribution < -0.4 is 4.90 Å². The molecule has 0 saturated carbocycles. The highest BCUT2D eigenvalue weighted by Gasteiger charge is 2.29. The maximum absolute atomic E-state index is 12.8. The van der Waals surface area contributed by atoms with Crippen molar-refractivity contribution in [3.05, 3.63) is 33.0 Å². The Bertz CT molecular complexity index is 785. The van der Waals surface area contributed by atoms with E-state index in [4.69, 9.17) is 4.74 Å². The van der Waals surface area contributed by atoms with Gasteiger partial charge in [0.15, 0.2) is 0 Å². The number of hydrogen-bond donors (Lipinski definition) is 0. The van der Waals surface area contributed by atoms with Gasteiger partial charge in [-0.2, -0.15) is 0 Å². The first-order chi connectivity index (χ1) is 11.6. The van der Waals surface area contributed by atoms with Crippen LogP contribution >= 0.6 is 11.3 Å². The summed E-state index contributed by atoms with van der Waals surface area (Å²) in [5, 5.41) is 0.918. The Morgan fingerprint density at radius 1 is 1.21 bits per heavy atom. The lowest BCUT2D eigenvalue weighted by Gasteiger charge is -2.26. The summed E-state index contributed by atoms with van der Waals surface area (Å²) < 4.78 is 5.37. The van der Waals surface area contributed by atoms with Crippen LogP contribution in [0.4, 0.5) is 5.95 Å². The van der Waals surface area contributed by atoms with Crippen LogP contribution in [-0.2, 0) is 17.8 Å². The average molecular weight is 345 g/mol. The number of fused-ring (bicyclic) bond motifs is 1. The van der Waals surface area contributed by atoms with Crippen molar-refractivity contribution in [1.82, 2.24) is 19.9 Å². The highest BCUT2D eigenvalue weighted by molar-refractivity contribution is 7.13. The van der Waals surface area contributed by atoms with E-state index in [0.717, 1.165) is 45.9 Å². The van der Waals surface area contributed by atoms with Gasteiger partial charge in [-0.05, 0) is 13.8 Å². The third-order valence-electron chi connectivity index (χ3n) is 4.32. The molecule has 0 atom stereocenters. The third-order valence-corrected chi connectivity index (χ3v) is 5.38. The molecule has 2 aliphatic rings. The monoisotopic (exact) mass is 345 g/mol. The molecule has 0 unspecified atom stereocenters. The summed E-state index contributed by atoms with van der Waals surface area (Å²) in [6.07, 6.45) is 1.85. The minimum Gasteiger partial charge on any atom is -0.378 e. The minimum atomic E-state index is 0.0315. The van der Waals surface area contributed by atoms with Crippen LogP contribution in [0, 0.1) is 13.8 Å². The zero-order valence-electron chi connectivity index (χ0n) is 13.8. The maximum atomic E-state index is 12.8. The van der Waals surface area contributed by atoms with Crippen molar-refractivity contribution in [2.45, 2.75) is 26.9 Å². The molecule has 126 valence electrons. The second-order valence-electron chi connectivity index (χ2n) is 6.05. The van der Waals surface area contributed by atoms with Crippen LogP contribution in [-0.4, -0.2) is 52.1 Å². The number of nitrogens with zero attached hydrogens (tertiary/aromatic N) is 5. The molecule has 4 heterocycles. The Morgan fingerprint density at radius 2 is 2.00 bits per heavy atom. The van der Waals surface area contributed by atoms with Gasteiger partial charge < -0.3 is 14.5 Å². The van der Waals surface area contributed by atoms with Crippen LogP contribution in [0.1, 0.15) is 31.6 Å². The Kier molecular flexibility index (Phi) is 3.93. The lowest BCUT2D eigenvalue weighted by atomic mass is 10.3. The van der Waals surface area contributed by atoms with E-state index >= 15 is 0 Å². The summed E-state index contributed by atoms with van der Waals surface area (Å²) in [5.74, 6) is 0.764. The molecule has 4 rings (SSSR count). The lowest BCUT2D eigenvalue weighted by Crippen LogP contribution is -2.37. The molecule has 0 bridgehead atoms. The van der Waals surface area contributed by atoms with Crippen LogP contribution in [0.5, 0.6) is 0 Å². The summed E-state index contributed by atoms with van der Waals surface area (Å²) in [7, 11) is 0. The Hall–Kier alpha value is -2.06. The SMILES string of the molecule is Cc1nc(C)c(C(=O)N2Cc3cnc(N4CCOCC4)nc3C2)s1. The first-order valence-corrected chi connectivity index (χ1v) is 8.84. The van der Waals surface area contributed by atoms with Crippen molar-refractivity contribution < 1.29 is 9.53 Å². The number of rotatable bonds is 2. The molecule has 0 radical (unpaired) electrons. The number of morpholine rings is 1. The number of thiazole rings is 1. The third kappa shape index (κ3) is 2.76. The number of aromatic nitrogens is 3. The van der Waals surface area contributed by atoms with Gasteiger partial charge in [0, 0.05) is 31.4 Å². The van der Waals surface area contributed by atoms with E-state index in [2.05, 4.69) is 19.9 Å². The Morgan fingerprint density at radius 3 is 2.71 bits per heavy atom. The Balaban J connectivity index is 1.53. The number of aryl methyl sites for hydroxylation is 2. The first kappa shape index (κ1) is 15.5. The summed E-state index contributed by atoms with van der Waals surface area (Å²) >= 11 is 1.45. The molecule has 1 fully saturated rings. The fraction of sp³-hybridized carbons (Fsp3) is 0.500. The molecule has 2 aromatic rings. The van der Waals surface area contributed by atoms with E-state index in [1.165, 1.54) is 11.3 Å². The Labute approximate surface area is 144 Å². The van der Waals surface area contributed by atoms with E-state index in [0.29, 0.717) is 26.3 Å². The van der Waals surface area contributed by atoms with Gasteiger partial charge in [-0.1, -0.05) is 0 Å². The molecule has 8 heteroatoms. The number of carbonyl (C=O) groups is 1. The van der Waals surface area contributed by atoms with Crippen LogP contribution in [0.2, 0.25) is 0 Å². The van der Waals surface area contributed by atoms with Crippen LogP contribution in [0.15, 0.2) is 6.20 Å². The zero-order chi connectivity index (χ0) is 16.7. The van der Waals surface area contributed by atoms with Gasteiger partial charge in [0.1, 0.15) is 4.88 Å². The number of amides is 1. The van der Waals surface area contributed by atoms with Gasteiger partial charge in [-0.3, -0.25) is 4.79 Å². The fourth-order valence-electron chi connectivity index (χ4n) is 3.08. The summed E-state index contributed by atoms with van der Waals surface area (Å²) in [4.78, 5) is 30.9. The number of anilines is 1. The van der Waals surface area contributed by atoms with Gasteiger partial charge in [0.2, 0.25) is 5.95 Å². The molecular weight excluding hydrogens is 326 g/mol.